The van der Waals surface area contributed by atoms with Crippen LogP contribution in [0.3, 0.4) is 0 Å². The van der Waals surface area contributed by atoms with Gasteiger partial charge in [0.2, 0.25) is 0 Å². The molecule has 0 aromatic heterocycles. The molecule has 2 aromatic carbocycles. The van der Waals surface area contributed by atoms with E-state index in [0.29, 0.717) is 11.6 Å². The number of amides is 1. The van der Waals surface area contributed by atoms with Gasteiger partial charge in [-0.3, -0.25) is 4.79 Å². The van der Waals surface area contributed by atoms with Crippen molar-refractivity contribution in [1.29, 1.82) is 0 Å². The van der Waals surface area contributed by atoms with Gasteiger partial charge in [0, 0.05) is 12.0 Å². The summed E-state index contributed by atoms with van der Waals surface area (Å²) in [5.41, 5.74) is -1.29. The van der Waals surface area contributed by atoms with Crippen molar-refractivity contribution in [2.75, 3.05) is 0 Å². The summed E-state index contributed by atoms with van der Waals surface area (Å²) in [6, 6.07) is 6.93. The van der Waals surface area contributed by atoms with Gasteiger partial charge in [-0.15, -0.1) is 0 Å². The fraction of sp³-hybridized carbons (Fsp3) is 0.211. The Labute approximate surface area is 166 Å². The second-order valence-electron chi connectivity index (χ2n) is 6.08. The first-order valence-corrected chi connectivity index (χ1v) is 8.32. The van der Waals surface area contributed by atoms with Crippen LogP contribution in [-0.2, 0) is 33.6 Å². The maximum Gasteiger partial charge on any atom is 0.419 e. The molecule has 160 valence electrons. The van der Waals surface area contributed by atoms with Gasteiger partial charge >= 0.3 is 24.0 Å². The van der Waals surface area contributed by atoms with Crippen LogP contribution in [0.25, 0.3) is 0 Å². The summed E-state index contributed by atoms with van der Waals surface area (Å²) in [5.74, 6) is -5.99. The molecular formula is C19H15F4NO6. The van der Waals surface area contributed by atoms with Crippen LogP contribution < -0.4 is 10.1 Å². The van der Waals surface area contributed by atoms with Crippen molar-refractivity contribution in [3.63, 3.8) is 0 Å². The normalized spacial score (nSPS) is 12.1. The predicted octanol–water partition coefficient (Wildman–Crippen LogP) is 2.62. The number of ether oxygens (including phenoxy) is 1. The van der Waals surface area contributed by atoms with Gasteiger partial charge in [-0.25, -0.2) is 14.0 Å². The number of rotatable bonds is 7. The Bertz CT molecular complexity index is 943. The number of carbonyl (C=O) groups is 3. The number of hydrogen-bond acceptors (Lipinski definition) is 4. The van der Waals surface area contributed by atoms with E-state index in [-0.39, 0.29) is 17.7 Å². The maximum atomic E-state index is 14.0. The number of hydrogen-bond donors (Lipinski definition) is 3. The minimum Gasteiger partial charge on any atom is -0.489 e. The van der Waals surface area contributed by atoms with Gasteiger partial charge < -0.3 is 20.3 Å². The second-order valence-corrected chi connectivity index (χ2v) is 6.08. The van der Waals surface area contributed by atoms with Crippen molar-refractivity contribution in [3.05, 3.63) is 65.0 Å². The number of benzene rings is 2. The third-order valence-electron chi connectivity index (χ3n) is 3.94. The van der Waals surface area contributed by atoms with Crippen LogP contribution in [0.5, 0.6) is 5.75 Å². The number of carboxylic acid groups (broad SMARTS) is 2. The summed E-state index contributed by atoms with van der Waals surface area (Å²) in [4.78, 5) is 32.8. The van der Waals surface area contributed by atoms with E-state index in [1.807, 2.05) is 5.32 Å². The van der Waals surface area contributed by atoms with Crippen LogP contribution in [0.2, 0.25) is 0 Å². The van der Waals surface area contributed by atoms with Gasteiger partial charge in [0.1, 0.15) is 24.2 Å². The second kappa shape index (κ2) is 9.25. The van der Waals surface area contributed by atoms with Crippen LogP contribution in [0.1, 0.15) is 16.7 Å². The van der Waals surface area contributed by atoms with Crippen LogP contribution in [-0.4, -0.2) is 34.1 Å². The molecule has 0 aliphatic carbocycles. The van der Waals surface area contributed by atoms with Gasteiger partial charge in [-0.2, -0.15) is 13.2 Å². The van der Waals surface area contributed by atoms with Crippen LogP contribution in [0.4, 0.5) is 17.6 Å². The van der Waals surface area contributed by atoms with E-state index >= 15 is 0 Å². The predicted molar refractivity (Wildman–Crippen MR) is 93.1 cm³/mol. The highest BCUT2D eigenvalue weighted by Gasteiger charge is 2.34. The molecule has 3 N–H and O–H groups in total. The molecule has 0 fully saturated rings. The standard InChI is InChI=1S/C19H15F4NO6/c20-15-11(2-1-3-13(15)19(21,22)23)9-30-12-6-4-10(5-7-12)8-14(17(26)27)24-16(25)18(28)29/h1-7,14H,8-9H2,(H,24,25)(H,26,27)(H,28,29). The monoisotopic (exact) mass is 429 g/mol. The summed E-state index contributed by atoms with van der Waals surface area (Å²) in [5, 5.41) is 19.5. The van der Waals surface area contributed by atoms with Crippen molar-refractivity contribution in [2.45, 2.75) is 25.2 Å². The summed E-state index contributed by atoms with van der Waals surface area (Å²) < 4.78 is 57.5. The van der Waals surface area contributed by atoms with E-state index in [1.54, 1.807) is 0 Å². The molecule has 0 saturated heterocycles. The van der Waals surface area contributed by atoms with E-state index in [0.717, 1.165) is 12.1 Å². The molecule has 1 unspecified atom stereocenters. The van der Waals surface area contributed by atoms with Crippen LogP contribution >= 0.6 is 0 Å². The van der Waals surface area contributed by atoms with Crippen molar-refractivity contribution >= 4 is 17.8 Å². The van der Waals surface area contributed by atoms with Gasteiger partial charge in [0.25, 0.3) is 0 Å². The molecule has 2 aromatic rings. The molecule has 1 amide bonds. The average molecular weight is 429 g/mol. The third kappa shape index (κ3) is 5.93. The summed E-state index contributed by atoms with van der Waals surface area (Å²) in [6.07, 6.45) is -5.06. The van der Waals surface area contributed by atoms with E-state index < -0.39 is 48.1 Å². The minimum atomic E-state index is -4.83. The van der Waals surface area contributed by atoms with Crippen molar-refractivity contribution < 1.29 is 46.9 Å². The molecule has 0 spiro atoms. The highest BCUT2D eigenvalue weighted by atomic mass is 19.4. The Hall–Kier alpha value is -3.63. The smallest absolute Gasteiger partial charge is 0.419 e. The topological polar surface area (TPSA) is 113 Å². The van der Waals surface area contributed by atoms with Crippen LogP contribution in [0, 0.1) is 5.82 Å². The molecule has 7 nitrogen and oxygen atoms in total. The number of carboxylic acids is 2. The van der Waals surface area contributed by atoms with Crippen LogP contribution in [0.15, 0.2) is 42.5 Å². The lowest BCUT2D eigenvalue weighted by Crippen LogP contribution is -2.45. The average Bonchev–Trinajstić information content (AvgIpc) is 2.66. The molecule has 0 aliphatic rings. The fourth-order valence-electron chi connectivity index (χ4n) is 2.45. The Morgan fingerprint density at radius 2 is 1.67 bits per heavy atom. The fourth-order valence-corrected chi connectivity index (χ4v) is 2.45. The summed E-state index contributed by atoms with van der Waals surface area (Å²) in [7, 11) is 0. The summed E-state index contributed by atoms with van der Waals surface area (Å²) >= 11 is 0. The zero-order chi connectivity index (χ0) is 22.5. The van der Waals surface area contributed by atoms with E-state index in [4.69, 9.17) is 14.9 Å². The molecule has 0 saturated carbocycles. The molecular weight excluding hydrogens is 414 g/mol. The van der Waals surface area contributed by atoms with E-state index in [2.05, 4.69) is 0 Å². The van der Waals surface area contributed by atoms with Crippen molar-refractivity contribution in [2.24, 2.45) is 0 Å². The van der Waals surface area contributed by atoms with Gasteiger partial charge in [-0.05, 0) is 23.8 Å². The molecule has 0 radical (unpaired) electrons. The molecule has 11 heteroatoms. The van der Waals surface area contributed by atoms with Crippen molar-refractivity contribution in [1.82, 2.24) is 5.32 Å². The van der Waals surface area contributed by atoms with E-state index in [1.165, 1.54) is 24.3 Å². The number of carbonyl (C=O) groups excluding carboxylic acids is 1. The Kier molecular flexibility index (Phi) is 6.98. The number of nitrogens with one attached hydrogen (secondary N) is 1. The Morgan fingerprint density at radius 1 is 1.03 bits per heavy atom. The Balaban J connectivity index is 2.04. The quantitative estimate of drug-likeness (QED) is 0.461. The zero-order valence-corrected chi connectivity index (χ0v) is 15.1. The lowest BCUT2D eigenvalue weighted by Gasteiger charge is -2.14. The third-order valence-corrected chi connectivity index (χ3v) is 3.94. The number of aliphatic carboxylic acids is 2. The lowest BCUT2D eigenvalue weighted by atomic mass is 10.1. The van der Waals surface area contributed by atoms with Gasteiger partial charge in [0.05, 0.1) is 5.56 Å². The highest BCUT2D eigenvalue weighted by molar-refractivity contribution is 6.31. The number of halogens is 4. The SMILES string of the molecule is O=C(O)C(=O)NC(Cc1ccc(OCc2cccc(C(F)(F)F)c2F)cc1)C(=O)O. The molecule has 0 bridgehead atoms. The largest absolute Gasteiger partial charge is 0.489 e. The molecule has 30 heavy (non-hydrogen) atoms. The maximum absolute atomic E-state index is 14.0. The van der Waals surface area contributed by atoms with Gasteiger partial charge in [0.15, 0.2) is 0 Å². The molecule has 1 atom stereocenters. The van der Waals surface area contributed by atoms with E-state index in [9.17, 15) is 31.9 Å². The first-order chi connectivity index (χ1) is 14.0. The molecule has 0 aliphatic heterocycles. The number of alkyl halides is 3. The highest BCUT2D eigenvalue weighted by Crippen LogP contribution is 2.32. The zero-order valence-electron chi connectivity index (χ0n) is 15.1. The Morgan fingerprint density at radius 3 is 2.20 bits per heavy atom. The first kappa shape index (κ1) is 22.7. The van der Waals surface area contributed by atoms with Gasteiger partial charge in [-0.1, -0.05) is 24.3 Å². The lowest BCUT2D eigenvalue weighted by molar-refractivity contribution is -0.152. The van der Waals surface area contributed by atoms with Crippen molar-refractivity contribution in [3.8, 4) is 5.75 Å². The first-order valence-electron chi connectivity index (χ1n) is 8.32. The summed E-state index contributed by atoms with van der Waals surface area (Å²) in [6.45, 7) is -0.471. The molecule has 2 rings (SSSR count). The molecule has 0 heterocycles. The minimum absolute atomic E-state index is 0.178.